The average molecular weight is 489 g/mol. The van der Waals surface area contributed by atoms with Gasteiger partial charge in [-0.05, 0) is 43.5 Å². The summed E-state index contributed by atoms with van der Waals surface area (Å²) in [6.07, 6.45) is 5.18. The molecule has 2 atom stereocenters. The van der Waals surface area contributed by atoms with Gasteiger partial charge in [0.2, 0.25) is 0 Å². The molecule has 6 heteroatoms. The summed E-state index contributed by atoms with van der Waals surface area (Å²) in [5.74, 6) is 6.93. The molecule has 0 bridgehead atoms. The maximum absolute atomic E-state index is 6.02. The van der Waals surface area contributed by atoms with Gasteiger partial charge in [-0.3, -0.25) is 4.90 Å². The number of hydrogen-bond donors (Lipinski definition) is 1. The number of hydrogen-bond acceptors (Lipinski definition) is 4. The molecule has 3 heterocycles. The first-order chi connectivity index (χ1) is 16.8. The molecule has 1 aliphatic rings. The van der Waals surface area contributed by atoms with E-state index >= 15 is 0 Å². The van der Waals surface area contributed by atoms with Crippen molar-refractivity contribution in [3.8, 4) is 11.8 Å². The third kappa shape index (κ3) is 6.76. The second kappa shape index (κ2) is 11.4. The van der Waals surface area contributed by atoms with Crippen molar-refractivity contribution in [1.82, 2.24) is 14.5 Å². The largest absolute Gasteiger partial charge is 0.379 e. The van der Waals surface area contributed by atoms with Crippen molar-refractivity contribution in [2.45, 2.75) is 65.3 Å². The molecule has 2 aromatic heterocycles. The maximum atomic E-state index is 6.02. The molecule has 186 valence electrons. The highest BCUT2D eigenvalue weighted by molar-refractivity contribution is 6.76. The van der Waals surface area contributed by atoms with E-state index in [0.717, 1.165) is 48.5 Å². The van der Waals surface area contributed by atoms with Gasteiger partial charge in [0.15, 0.2) is 0 Å². The first-order valence-corrected chi connectivity index (χ1v) is 16.6. The van der Waals surface area contributed by atoms with Crippen LogP contribution in [0.15, 0.2) is 48.8 Å². The molecule has 1 fully saturated rings. The normalized spacial score (nSPS) is 18.9. The lowest BCUT2D eigenvalue weighted by molar-refractivity contribution is 0.0899. The van der Waals surface area contributed by atoms with E-state index in [4.69, 9.17) is 9.72 Å². The first-order valence-electron chi connectivity index (χ1n) is 12.9. The predicted molar refractivity (Wildman–Crippen MR) is 149 cm³/mol. The van der Waals surface area contributed by atoms with E-state index in [1.54, 1.807) is 0 Å². The lowest BCUT2D eigenvalue weighted by atomic mass is 9.92. The molecule has 1 saturated heterocycles. The fraction of sp³-hybridized carbons (Fsp3) is 0.483. The lowest BCUT2D eigenvalue weighted by Gasteiger charge is -2.38. The highest BCUT2D eigenvalue weighted by Gasteiger charge is 2.27. The second-order valence-corrected chi connectivity index (χ2v) is 16.7. The number of fused-ring (bicyclic) bond motifs is 1. The topological polar surface area (TPSA) is 42.3 Å². The van der Waals surface area contributed by atoms with E-state index in [2.05, 4.69) is 95.8 Å². The molecule has 4 rings (SSSR count). The Balaban J connectivity index is 1.52. The molecule has 0 aliphatic carbocycles. The lowest BCUT2D eigenvalue weighted by Crippen LogP contribution is -2.46. The molecule has 1 aromatic carbocycles. The van der Waals surface area contributed by atoms with Crippen LogP contribution < -0.4 is 5.32 Å². The van der Waals surface area contributed by atoms with Crippen molar-refractivity contribution in [1.29, 1.82) is 0 Å². The molecule has 0 radical (unpaired) electrons. The van der Waals surface area contributed by atoms with Crippen LogP contribution in [0.1, 0.15) is 31.4 Å². The minimum atomic E-state index is -1.10. The number of likely N-dealkylation sites (tertiary alicyclic amines) is 1. The van der Waals surface area contributed by atoms with Crippen LogP contribution in [0.25, 0.3) is 11.0 Å². The van der Waals surface area contributed by atoms with E-state index in [-0.39, 0.29) is 0 Å². The SMILES string of the molecule is CC#Cc1cnc2c(ccn2COCC[Si](C)(C)C)c1N[C@H]1CN(Cc2ccccc2)CC[C@H]1C. The monoisotopic (exact) mass is 488 g/mol. The van der Waals surface area contributed by atoms with E-state index in [1.165, 1.54) is 18.0 Å². The highest BCUT2D eigenvalue weighted by Crippen LogP contribution is 2.30. The molecule has 35 heavy (non-hydrogen) atoms. The summed E-state index contributed by atoms with van der Waals surface area (Å²) in [4.78, 5) is 7.33. The van der Waals surface area contributed by atoms with Crippen LogP contribution in [0.5, 0.6) is 0 Å². The van der Waals surface area contributed by atoms with E-state index in [1.807, 2.05) is 13.1 Å². The van der Waals surface area contributed by atoms with Crippen LogP contribution >= 0.6 is 0 Å². The number of ether oxygens (including phenoxy) is 1. The number of pyridine rings is 1. The molecule has 0 saturated carbocycles. The van der Waals surface area contributed by atoms with Gasteiger partial charge >= 0.3 is 0 Å². The molecular weight excluding hydrogens is 448 g/mol. The van der Waals surface area contributed by atoms with Crippen molar-refractivity contribution < 1.29 is 4.74 Å². The molecule has 0 spiro atoms. The zero-order valence-corrected chi connectivity index (χ0v) is 23.0. The molecule has 5 nitrogen and oxygen atoms in total. The number of piperidine rings is 1. The minimum absolute atomic E-state index is 0.354. The Morgan fingerprint density at radius 3 is 2.71 bits per heavy atom. The Morgan fingerprint density at radius 1 is 1.17 bits per heavy atom. The van der Waals surface area contributed by atoms with Crippen LogP contribution in [0.4, 0.5) is 5.69 Å². The Hall–Kier alpha value is -2.59. The van der Waals surface area contributed by atoms with Crippen LogP contribution in [0.2, 0.25) is 25.7 Å². The van der Waals surface area contributed by atoms with Crippen molar-refractivity contribution in [3.05, 3.63) is 59.9 Å². The van der Waals surface area contributed by atoms with Gasteiger partial charge in [0.1, 0.15) is 12.4 Å². The van der Waals surface area contributed by atoms with Gasteiger partial charge in [-0.2, -0.15) is 0 Å². The molecule has 0 amide bonds. The van der Waals surface area contributed by atoms with E-state index < -0.39 is 8.07 Å². The van der Waals surface area contributed by atoms with Gasteiger partial charge in [-0.25, -0.2) is 4.98 Å². The summed E-state index contributed by atoms with van der Waals surface area (Å²) in [6, 6.07) is 14.4. The van der Waals surface area contributed by atoms with Gasteiger partial charge in [0.05, 0.1) is 11.3 Å². The van der Waals surface area contributed by atoms with E-state index in [0.29, 0.717) is 18.7 Å². The van der Waals surface area contributed by atoms with Crippen LogP contribution in [0.3, 0.4) is 0 Å². The molecule has 3 aromatic rings. The number of anilines is 1. The average Bonchev–Trinajstić information content (AvgIpc) is 3.24. The number of rotatable bonds is 9. The summed E-state index contributed by atoms with van der Waals surface area (Å²) in [7, 11) is -1.10. The maximum Gasteiger partial charge on any atom is 0.143 e. The molecule has 1 aliphatic heterocycles. The van der Waals surface area contributed by atoms with Gasteiger partial charge in [0, 0.05) is 51.6 Å². The van der Waals surface area contributed by atoms with Crippen molar-refractivity contribution in [2.24, 2.45) is 5.92 Å². The standard InChI is InChI=1S/C29H40N4OSi/c1-6-10-25-19-30-29-26(14-16-33(29)22-34-17-18-35(3,4)5)28(25)31-27-21-32(15-13-23(27)2)20-24-11-8-7-9-12-24/h7-9,11-12,14,16,19,23,27H,13,15,17-18,20-22H2,1-5H3,(H,30,31)/t23-,27+/m1/s1. The summed E-state index contributed by atoms with van der Waals surface area (Å²) < 4.78 is 8.13. The molecular formula is C29H40N4OSi. The predicted octanol–water partition coefficient (Wildman–Crippen LogP) is 6.04. The Bertz CT molecular complexity index is 1170. The van der Waals surface area contributed by atoms with Crippen molar-refractivity contribution in [3.63, 3.8) is 0 Å². The minimum Gasteiger partial charge on any atom is -0.379 e. The summed E-state index contributed by atoms with van der Waals surface area (Å²) in [5.41, 5.74) is 4.39. The summed E-state index contributed by atoms with van der Waals surface area (Å²) in [6.45, 7) is 15.9. The Labute approximate surface area is 211 Å². The number of aromatic nitrogens is 2. The quantitative estimate of drug-likeness (QED) is 0.226. The smallest absolute Gasteiger partial charge is 0.143 e. The zero-order valence-electron chi connectivity index (χ0n) is 22.0. The number of benzene rings is 1. The molecule has 1 N–H and O–H groups in total. The van der Waals surface area contributed by atoms with Crippen LogP contribution in [0, 0.1) is 17.8 Å². The Kier molecular flexibility index (Phi) is 8.33. The van der Waals surface area contributed by atoms with Crippen molar-refractivity contribution in [2.75, 3.05) is 25.0 Å². The third-order valence-electron chi connectivity index (χ3n) is 6.90. The van der Waals surface area contributed by atoms with Gasteiger partial charge < -0.3 is 14.6 Å². The molecule has 0 unspecified atom stereocenters. The fourth-order valence-corrected chi connectivity index (χ4v) is 5.42. The van der Waals surface area contributed by atoms with E-state index in [9.17, 15) is 0 Å². The summed E-state index contributed by atoms with van der Waals surface area (Å²) >= 11 is 0. The van der Waals surface area contributed by atoms with Gasteiger partial charge in [-0.15, -0.1) is 5.92 Å². The highest BCUT2D eigenvalue weighted by atomic mass is 28.3. The van der Waals surface area contributed by atoms with Gasteiger partial charge in [0.25, 0.3) is 0 Å². The third-order valence-corrected chi connectivity index (χ3v) is 8.60. The first kappa shape index (κ1) is 25.5. The second-order valence-electron chi connectivity index (χ2n) is 11.0. The summed E-state index contributed by atoms with van der Waals surface area (Å²) in [5, 5.41) is 5.03. The zero-order chi connectivity index (χ0) is 24.8. The Morgan fingerprint density at radius 2 is 1.97 bits per heavy atom. The van der Waals surface area contributed by atoms with Gasteiger partial charge in [-0.1, -0.05) is 62.8 Å². The number of nitrogens with one attached hydrogen (secondary N) is 1. The van der Waals surface area contributed by atoms with Crippen LogP contribution in [-0.4, -0.2) is 48.3 Å². The van der Waals surface area contributed by atoms with Crippen molar-refractivity contribution >= 4 is 24.8 Å². The van der Waals surface area contributed by atoms with Crippen LogP contribution in [-0.2, 0) is 18.0 Å². The number of nitrogens with zero attached hydrogens (tertiary/aromatic N) is 3. The fourth-order valence-electron chi connectivity index (χ4n) is 4.66.